The van der Waals surface area contributed by atoms with Crippen molar-refractivity contribution >= 4 is 13.7 Å². The number of hydrogen-bond acceptors (Lipinski definition) is 5. The number of aliphatic hydroxyl groups excluding tert-OH is 1. The van der Waals surface area contributed by atoms with Gasteiger partial charge in [0.05, 0.1) is 39.9 Å². The zero-order valence-electron chi connectivity index (χ0n) is 48.2. The first-order valence-electron chi connectivity index (χ1n) is 29.4. The summed E-state index contributed by atoms with van der Waals surface area (Å²) in [5.74, 6) is -0.210. The first-order chi connectivity index (χ1) is 36.5. The molecule has 0 fully saturated rings. The van der Waals surface area contributed by atoms with Crippen LogP contribution < -0.4 is 5.32 Å². The van der Waals surface area contributed by atoms with Gasteiger partial charge >= 0.3 is 7.82 Å². The molecule has 1 amide bonds. The molecule has 0 saturated heterocycles. The Morgan fingerprint density at radius 3 is 1.17 bits per heavy atom. The highest BCUT2D eigenvalue weighted by Gasteiger charge is 2.27. The molecule has 0 heterocycles. The van der Waals surface area contributed by atoms with Crippen LogP contribution in [0.5, 0.6) is 0 Å². The number of unbranched alkanes of at least 4 members (excludes halogenated alkanes) is 14. The second-order valence-corrected chi connectivity index (χ2v) is 21.7. The lowest BCUT2D eigenvalue weighted by molar-refractivity contribution is -0.870. The van der Waals surface area contributed by atoms with Crippen LogP contribution in [-0.4, -0.2) is 73.4 Å². The van der Waals surface area contributed by atoms with Crippen molar-refractivity contribution in [1.82, 2.24) is 5.32 Å². The van der Waals surface area contributed by atoms with Crippen LogP contribution in [0.1, 0.15) is 200 Å². The standard InChI is InChI=1S/C66H109N2O6P/c1-6-8-10-12-14-16-18-20-21-22-23-24-25-26-27-28-29-30-31-32-33-34-35-36-37-38-39-40-41-42-43-44-45-46-47-48-50-52-54-56-58-60-66(70)67-64(63-74-75(71,72)73-62-61-68(3,4)5)65(69)59-57-55-53-51-49-19-17-15-13-11-9-7-2/h8,10,14,16,20-21,23-24,26-27,29-30,32-33,35-36,38-39,41-42,44-45,47-48,57,59,64-65,69H,6-7,9,11-13,15,17-19,22,25,28,31,34,37,40,43,46,49-56,58,60-63H2,1-5H3,(H-,67,70,71,72)/p+1/b10-8-,16-14-,21-20-,24-23-,27-26-,30-29-,33-32-,36-35-,39-38-,42-41-,45-44-,48-47-,59-57+. The molecule has 0 spiro atoms. The molecule has 3 N–H and O–H groups in total. The Morgan fingerprint density at radius 2 is 0.800 bits per heavy atom. The SMILES string of the molecule is CC/C=C\C/C=C\C/C=C\C/C=C\C/C=C\C/C=C\C/C=C\C/C=C\C/C=C\C/C=C\C/C=C\C/C=C\CCCCCCC(=O)NC(COP(=O)(O)OCC[N+](C)(C)C)C(O)/C=C/CCCCCCCCCCCC. The van der Waals surface area contributed by atoms with Crippen LogP contribution in [0.2, 0.25) is 0 Å². The Balaban J connectivity index is 4.18. The van der Waals surface area contributed by atoms with E-state index in [0.717, 1.165) is 128 Å². The Hall–Kier alpha value is -3.88. The quantitative estimate of drug-likeness (QED) is 0.0243. The minimum Gasteiger partial charge on any atom is -0.387 e. The Labute approximate surface area is 461 Å². The molecule has 0 aliphatic rings. The largest absolute Gasteiger partial charge is 0.472 e. The van der Waals surface area contributed by atoms with Crippen molar-refractivity contribution < 1.29 is 32.9 Å². The monoisotopic (exact) mass is 1060 g/mol. The molecule has 0 aromatic heterocycles. The van der Waals surface area contributed by atoms with Gasteiger partial charge in [0.25, 0.3) is 0 Å². The molecule has 0 aliphatic carbocycles. The van der Waals surface area contributed by atoms with Gasteiger partial charge in [0, 0.05) is 6.42 Å². The van der Waals surface area contributed by atoms with Gasteiger partial charge in [-0.3, -0.25) is 13.8 Å². The fourth-order valence-corrected chi connectivity index (χ4v) is 8.17. The second-order valence-electron chi connectivity index (χ2n) is 20.3. The van der Waals surface area contributed by atoms with Crippen molar-refractivity contribution in [3.63, 3.8) is 0 Å². The zero-order chi connectivity index (χ0) is 54.9. The van der Waals surface area contributed by atoms with E-state index in [1.807, 2.05) is 27.2 Å². The van der Waals surface area contributed by atoms with E-state index in [9.17, 15) is 19.4 Å². The van der Waals surface area contributed by atoms with Gasteiger partial charge in [-0.05, 0) is 109 Å². The maximum atomic E-state index is 12.9. The molecule has 0 aliphatic heterocycles. The zero-order valence-corrected chi connectivity index (χ0v) is 49.1. The van der Waals surface area contributed by atoms with Crippen LogP contribution >= 0.6 is 7.82 Å². The van der Waals surface area contributed by atoms with E-state index in [0.29, 0.717) is 17.4 Å². The van der Waals surface area contributed by atoms with Gasteiger partial charge in [-0.15, -0.1) is 0 Å². The molecule has 8 nitrogen and oxygen atoms in total. The number of phosphoric ester groups is 1. The molecule has 9 heteroatoms. The lowest BCUT2D eigenvalue weighted by atomic mass is 10.1. The van der Waals surface area contributed by atoms with Gasteiger partial charge in [-0.1, -0.05) is 242 Å². The summed E-state index contributed by atoms with van der Waals surface area (Å²) in [6.45, 7) is 4.64. The van der Waals surface area contributed by atoms with Crippen molar-refractivity contribution in [3.8, 4) is 0 Å². The van der Waals surface area contributed by atoms with Crippen molar-refractivity contribution in [1.29, 1.82) is 0 Å². The molecular formula is C66H110N2O6P+. The van der Waals surface area contributed by atoms with Crippen molar-refractivity contribution in [2.75, 3.05) is 40.9 Å². The summed E-state index contributed by atoms with van der Waals surface area (Å²) in [6.07, 6.45) is 86.4. The van der Waals surface area contributed by atoms with E-state index in [1.165, 1.54) is 51.4 Å². The molecule has 424 valence electrons. The fraction of sp³-hybridized carbons (Fsp3) is 0.591. The van der Waals surface area contributed by atoms with Crippen LogP contribution in [0.25, 0.3) is 0 Å². The van der Waals surface area contributed by atoms with Gasteiger partial charge in [0.15, 0.2) is 0 Å². The molecular weight excluding hydrogens is 948 g/mol. The van der Waals surface area contributed by atoms with E-state index >= 15 is 0 Å². The predicted molar refractivity (Wildman–Crippen MR) is 327 cm³/mol. The summed E-state index contributed by atoms with van der Waals surface area (Å²) in [4.78, 5) is 23.2. The minimum atomic E-state index is -4.36. The number of aliphatic hydroxyl groups is 1. The third-order valence-corrected chi connectivity index (χ3v) is 13.0. The maximum Gasteiger partial charge on any atom is 0.472 e. The number of carbonyl (C=O) groups excluding carboxylic acids is 1. The summed E-state index contributed by atoms with van der Waals surface area (Å²) in [5.41, 5.74) is 0. The fourth-order valence-electron chi connectivity index (χ4n) is 7.43. The number of quaternary nitrogens is 1. The molecule has 0 saturated carbocycles. The van der Waals surface area contributed by atoms with Gasteiger partial charge in [-0.25, -0.2) is 4.57 Å². The van der Waals surface area contributed by atoms with Crippen molar-refractivity contribution in [2.45, 2.75) is 212 Å². The number of hydrogen-bond donors (Lipinski definition) is 3. The predicted octanol–water partition coefficient (Wildman–Crippen LogP) is 18.3. The van der Waals surface area contributed by atoms with Crippen LogP contribution in [-0.2, 0) is 18.4 Å². The highest BCUT2D eigenvalue weighted by molar-refractivity contribution is 7.47. The van der Waals surface area contributed by atoms with Crippen LogP contribution in [0.15, 0.2) is 158 Å². The molecule has 75 heavy (non-hydrogen) atoms. The molecule has 0 aromatic carbocycles. The number of amides is 1. The molecule has 0 rings (SSSR count). The van der Waals surface area contributed by atoms with Crippen molar-refractivity contribution in [2.24, 2.45) is 0 Å². The van der Waals surface area contributed by atoms with Gasteiger partial charge in [0.2, 0.25) is 5.91 Å². The molecule has 0 radical (unpaired) electrons. The van der Waals surface area contributed by atoms with E-state index in [2.05, 4.69) is 165 Å². The minimum absolute atomic E-state index is 0.0478. The van der Waals surface area contributed by atoms with E-state index in [1.54, 1.807) is 6.08 Å². The van der Waals surface area contributed by atoms with E-state index < -0.39 is 20.0 Å². The van der Waals surface area contributed by atoms with Crippen LogP contribution in [0.4, 0.5) is 0 Å². The van der Waals surface area contributed by atoms with Crippen molar-refractivity contribution in [3.05, 3.63) is 158 Å². The Kier molecular flexibility index (Phi) is 52.1. The first-order valence-corrected chi connectivity index (χ1v) is 30.9. The van der Waals surface area contributed by atoms with E-state index in [-0.39, 0.29) is 19.1 Å². The topological polar surface area (TPSA) is 105 Å². The molecule has 0 bridgehead atoms. The first kappa shape index (κ1) is 71.1. The van der Waals surface area contributed by atoms with Gasteiger partial charge in [0.1, 0.15) is 13.2 Å². The van der Waals surface area contributed by atoms with Gasteiger partial charge in [-0.2, -0.15) is 0 Å². The maximum absolute atomic E-state index is 12.9. The smallest absolute Gasteiger partial charge is 0.387 e. The van der Waals surface area contributed by atoms with Crippen LogP contribution in [0.3, 0.4) is 0 Å². The Morgan fingerprint density at radius 1 is 0.467 bits per heavy atom. The molecule has 0 aromatic rings. The number of nitrogens with one attached hydrogen (secondary N) is 1. The highest BCUT2D eigenvalue weighted by Crippen LogP contribution is 2.43. The summed E-state index contributed by atoms with van der Waals surface area (Å²) >= 11 is 0. The van der Waals surface area contributed by atoms with E-state index in [4.69, 9.17) is 9.05 Å². The lowest BCUT2D eigenvalue weighted by Gasteiger charge is -2.25. The summed E-state index contributed by atoms with van der Waals surface area (Å²) in [5, 5.41) is 13.8. The number of phosphoric acid groups is 1. The molecule has 3 atom stereocenters. The molecule has 3 unspecified atom stereocenters. The summed E-state index contributed by atoms with van der Waals surface area (Å²) < 4.78 is 23.6. The van der Waals surface area contributed by atoms with Gasteiger partial charge < -0.3 is 19.8 Å². The average Bonchev–Trinajstić information content (AvgIpc) is 3.37. The number of allylic oxidation sites excluding steroid dienone is 25. The average molecular weight is 1060 g/mol. The Bertz CT molecular complexity index is 1770. The number of carbonyl (C=O) groups is 1. The number of likely N-dealkylation sites (N-methyl/N-ethyl adjacent to an activating group) is 1. The summed E-state index contributed by atoms with van der Waals surface area (Å²) in [6, 6.07) is -0.871. The number of nitrogens with zero attached hydrogens (tertiary/aromatic N) is 1. The third-order valence-electron chi connectivity index (χ3n) is 12.0. The second kappa shape index (κ2) is 54.9. The van der Waals surface area contributed by atoms with Crippen LogP contribution in [0, 0.1) is 0 Å². The normalized spacial score (nSPS) is 15.0. The number of rotatable bonds is 51. The third kappa shape index (κ3) is 57.7. The highest BCUT2D eigenvalue weighted by atomic mass is 31.2. The summed E-state index contributed by atoms with van der Waals surface area (Å²) in [7, 11) is 1.53. The lowest BCUT2D eigenvalue weighted by Crippen LogP contribution is -2.45.